The highest BCUT2D eigenvalue weighted by Crippen LogP contribution is 2.27. The number of methoxy groups -OCH3 is 1. The van der Waals surface area contributed by atoms with Gasteiger partial charge in [-0.2, -0.15) is 0 Å². The van der Waals surface area contributed by atoms with Gasteiger partial charge in [-0.05, 0) is 26.0 Å². The summed E-state index contributed by atoms with van der Waals surface area (Å²) in [6, 6.07) is 6.08. The number of amides is 1. The molecule has 7 heteroatoms. The molecule has 0 radical (unpaired) electrons. The number of nitrogens with zero attached hydrogens (tertiary/aromatic N) is 2. The Bertz CT molecular complexity index is 730. The van der Waals surface area contributed by atoms with Crippen LogP contribution in [0.4, 0.5) is 11.4 Å². The molecule has 1 atom stereocenters. The first-order valence-electron chi connectivity index (χ1n) is 6.79. The summed E-state index contributed by atoms with van der Waals surface area (Å²) in [5.41, 5.74) is 1.79. The Hall–Kier alpha value is -2.54. The lowest BCUT2D eigenvalue weighted by Crippen LogP contribution is -2.19. The molecule has 0 fully saturated rings. The Labute approximate surface area is 127 Å². The number of aromatic nitrogens is 1. The minimum Gasteiger partial charge on any atom is -0.381 e. The summed E-state index contributed by atoms with van der Waals surface area (Å²) in [6.45, 7) is 3.59. The average Bonchev–Trinajstić information content (AvgIpc) is 2.46. The number of hydrogen-bond acceptors (Lipinski definition) is 5. The molecule has 1 heterocycles. The fourth-order valence-electron chi connectivity index (χ4n) is 2.11. The summed E-state index contributed by atoms with van der Waals surface area (Å²) < 4.78 is 5.06. The van der Waals surface area contributed by atoms with Crippen molar-refractivity contribution in [3.8, 4) is 0 Å². The second-order valence-corrected chi connectivity index (χ2v) is 5.07. The highest BCUT2D eigenvalue weighted by atomic mass is 16.6. The second kappa shape index (κ2) is 6.48. The van der Waals surface area contributed by atoms with Crippen molar-refractivity contribution in [2.75, 3.05) is 12.4 Å². The van der Waals surface area contributed by atoms with E-state index in [9.17, 15) is 14.9 Å². The van der Waals surface area contributed by atoms with E-state index < -0.39 is 4.92 Å². The zero-order chi connectivity index (χ0) is 16.3. The maximum Gasteiger partial charge on any atom is 0.270 e. The number of rotatable bonds is 5. The maximum absolute atomic E-state index is 12.0. The van der Waals surface area contributed by atoms with E-state index in [4.69, 9.17) is 4.74 Å². The highest BCUT2D eigenvalue weighted by Gasteiger charge is 2.14. The van der Waals surface area contributed by atoms with Crippen LogP contribution in [0.25, 0.3) is 10.9 Å². The number of nitrogens with one attached hydrogen (secondary N) is 1. The van der Waals surface area contributed by atoms with E-state index in [1.54, 1.807) is 26.0 Å². The third kappa shape index (κ3) is 3.56. The number of carbonyl (C=O) groups is 1. The fourth-order valence-corrected chi connectivity index (χ4v) is 2.11. The molecule has 0 aliphatic heterocycles. The standard InChI is InChI=1S/C15H17N3O4/c1-9-6-14(17-15(19)7-10(2)22-3)12-8-11(18(20)21)4-5-13(12)16-9/h4-6,8,10H,7H2,1-3H3,(H,16,17,19)/t10-/m1/s1. The molecular formula is C15H17N3O4. The smallest absolute Gasteiger partial charge is 0.270 e. The average molecular weight is 303 g/mol. The van der Waals surface area contributed by atoms with Gasteiger partial charge >= 0.3 is 0 Å². The number of ether oxygens (including phenoxy) is 1. The first-order chi connectivity index (χ1) is 10.4. The molecule has 1 aromatic carbocycles. The molecule has 22 heavy (non-hydrogen) atoms. The van der Waals surface area contributed by atoms with Crippen molar-refractivity contribution in [2.45, 2.75) is 26.4 Å². The highest BCUT2D eigenvalue weighted by molar-refractivity contribution is 6.01. The van der Waals surface area contributed by atoms with Crippen molar-refractivity contribution in [1.29, 1.82) is 0 Å². The van der Waals surface area contributed by atoms with Crippen LogP contribution in [0, 0.1) is 17.0 Å². The van der Waals surface area contributed by atoms with E-state index in [1.807, 2.05) is 0 Å². The zero-order valence-corrected chi connectivity index (χ0v) is 12.6. The number of nitro groups is 1. The molecule has 0 saturated heterocycles. The van der Waals surface area contributed by atoms with Gasteiger partial charge in [-0.3, -0.25) is 19.9 Å². The van der Waals surface area contributed by atoms with Crippen LogP contribution in [0.3, 0.4) is 0 Å². The SMILES string of the molecule is CO[C@H](C)CC(=O)Nc1cc(C)nc2ccc([N+](=O)[O-])cc12. The Morgan fingerprint density at radius 2 is 2.18 bits per heavy atom. The monoisotopic (exact) mass is 303 g/mol. The molecule has 0 saturated carbocycles. The van der Waals surface area contributed by atoms with Crippen LogP contribution >= 0.6 is 0 Å². The van der Waals surface area contributed by atoms with Crippen LogP contribution in [0.15, 0.2) is 24.3 Å². The third-order valence-electron chi connectivity index (χ3n) is 3.28. The van der Waals surface area contributed by atoms with Crippen molar-refractivity contribution in [3.05, 3.63) is 40.1 Å². The minimum atomic E-state index is -0.474. The number of nitro benzene ring substituents is 1. The van der Waals surface area contributed by atoms with E-state index in [0.717, 1.165) is 5.69 Å². The van der Waals surface area contributed by atoms with E-state index in [-0.39, 0.29) is 24.1 Å². The summed E-state index contributed by atoms with van der Waals surface area (Å²) in [5, 5.41) is 14.2. The number of anilines is 1. The van der Waals surface area contributed by atoms with E-state index >= 15 is 0 Å². The van der Waals surface area contributed by atoms with Gasteiger partial charge in [0.15, 0.2) is 0 Å². The molecule has 116 valence electrons. The molecule has 1 aromatic heterocycles. The number of benzene rings is 1. The van der Waals surface area contributed by atoms with Gasteiger partial charge in [0.2, 0.25) is 5.91 Å². The summed E-state index contributed by atoms with van der Waals surface area (Å²) >= 11 is 0. The summed E-state index contributed by atoms with van der Waals surface area (Å²) in [5.74, 6) is -0.215. The second-order valence-electron chi connectivity index (χ2n) is 5.07. The van der Waals surface area contributed by atoms with Gasteiger partial charge in [-0.25, -0.2) is 0 Å². The molecule has 0 aliphatic carbocycles. The number of aryl methyl sites for hydroxylation is 1. The Morgan fingerprint density at radius 3 is 2.82 bits per heavy atom. The Kier molecular flexibility index (Phi) is 4.67. The van der Waals surface area contributed by atoms with E-state index in [1.165, 1.54) is 19.2 Å². The zero-order valence-electron chi connectivity index (χ0n) is 12.6. The first kappa shape index (κ1) is 15.8. The third-order valence-corrected chi connectivity index (χ3v) is 3.28. The Morgan fingerprint density at radius 1 is 1.45 bits per heavy atom. The van der Waals surface area contributed by atoms with Gasteiger partial charge < -0.3 is 10.1 Å². The lowest BCUT2D eigenvalue weighted by Gasteiger charge is -2.12. The summed E-state index contributed by atoms with van der Waals surface area (Å²) in [6.07, 6.45) is -0.00239. The quantitative estimate of drug-likeness (QED) is 0.677. The molecule has 0 aliphatic rings. The number of fused-ring (bicyclic) bond motifs is 1. The lowest BCUT2D eigenvalue weighted by molar-refractivity contribution is -0.384. The van der Waals surface area contributed by atoms with Crippen molar-refractivity contribution < 1.29 is 14.5 Å². The van der Waals surface area contributed by atoms with Crippen LogP contribution < -0.4 is 5.32 Å². The van der Waals surface area contributed by atoms with Crippen molar-refractivity contribution in [1.82, 2.24) is 4.98 Å². The van der Waals surface area contributed by atoms with Gasteiger partial charge in [-0.15, -0.1) is 0 Å². The van der Waals surface area contributed by atoms with Crippen molar-refractivity contribution >= 4 is 28.2 Å². The van der Waals surface area contributed by atoms with Gasteiger partial charge in [0, 0.05) is 30.3 Å². The maximum atomic E-state index is 12.0. The van der Waals surface area contributed by atoms with E-state index in [2.05, 4.69) is 10.3 Å². The van der Waals surface area contributed by atoms with Crippen LogP contribution in [-0.4, -0.2) is 29.0 Å². The van der Waals surface area contributed by atoms with Crippen LogP contribution in [0.2, 0.25) is 0 Å². The molecule has 0 bridgehead atoms. The predicted molar refractivity (Wildman–Crippen MR) is 82.9 cm³/mol. The summed E-state index contributed by atoms with van der Waals surface area (Å²) in [7, 11) is 1.54. The molecular weight excluding hydrogens is 286 g/mol. The van der Waals surface area contributed by atoms with Gasteiger partial charge in [0.05, 0.1) is 28.7 Å². The molecule has 7 nitrogen and oxygen atoms in total. The van der Waals surface area contributed by atoms with Gasteiger partial charge in [-0.1, -0.05) is 0 Å². The molecule has 1 amide bonds. The number of carbonyl (C=O) groups excluding carboxylic acids is 1. The Balaban J connectivity index is 2.40. The largest absolute Gasteiger partial charge is 0.381 e. The van der Waals surface area contributed by atoms with Gasteiger partial charge in [0.1, 0.15) is 0 Å². The van der Waals surface area contributed by atoms with Crippen molar-refractivity contribution in [2.24, 2.45) is 0 Å². The molecule has 2 aromatic rings. The van der Waals surface area contributed by atoms with Crippen LogP contribution in [-0.2, 0) is 9.53 Å². The summed E-state index contributed by atoms with van der Waals surface area (Å²) in [4.78, 5) is 26.8. The number of hydrogen-bond donors (Lipinski definition) is 1. The van der Waals surface area contributed by atoms with E-state index in [0.29, 0.717) is 16.6 Å². The normalized spacial score (nSPS) is 12.1. The molecule has 1 N–H and O–H groups in total. The predicted octanol–water partition coefficient (Wildman–Crippen LogP) is 2.81. The van der Waals surface area contributed by atoms with Crippen LogP contribution in [0.5, 0.6) is 0 Å². The minimum absolute atomic E-state index is 0.0427. The fraction of sp³-hybridized carbons (Fsp3) is 0.333. The number of pyridine rings is 1. The first-order valence-corrected chi connectivity index (χ1v) is 6.79. The van der Waals surface area contributed by atoms with Crippen LogP contribution in [0.1, 0.15) is 19.0 Å². The molecule has 0 spiro atoms. The lowest BCUT2D eigenvalue weighted by atomic mass is 10.1. The topological polar surface area (TPSA) is 94.4 Å². The number of non-ortho nitro benzene ring substituents is 1. The van der Waals surface area contributed by atoms with Crippen molar-refractivity contribution in [3.63, 3.8) is 0 Å². The van der Waals surface area contributed by atoms with Gasteiger partial charge in [0.25, 0.3) is 5.69 Å². The molecule has 0 unspecified atom stereocenters. The molecule has 2 rings (SSSR count).